The molecule has 1 amide bonds. The first kappa shape index (κ1) is 36.2. The first-order valence-electron chi connectivity index (χ1n) is 18.4. The third kappa shape index (κ3) is 6.66. The minimum Gasteiger partial charge on any atom is -0.490 e. The van der Waals surface area contributed by atoms with Gasteiger partial charge in [-0.2, -0.15) is 13.2 Å². The van der Waals surface area contributed by atoms with Crippen LogP contribution in [0.5, 0.6) is 5.75 Å². The number of hydrogen-bond acceptors (Lipinski definition) is 7. The van der Waals surface area contributed by atoms with Crippen LogP contribution in [0.25, 0.3) is 22.3 Å². The van der Waals surface area contributed by atoms with Crippen LogP contribution < -0.4 is 10.1 Å². The molecule has 5 atom stereocenters. The van der Waals surface area contributed by atoms with E-state index in [1.807, 2.05) is 0 Å². The van der Waals surface area contributed by atoms with Crippen molar-refractivity contribution < 1.29 is 49.8 Å². The zero-order chi connectivity index (χ0) is 37.5. The van der Waals surface area contributed by atoms with E-state index >= 15 is 0 Å². The summed E-state index contributed by atoms with van der Waals surface area (Å²) in [6.45, 7) is 0. The van der Waals surface area contributed by atoms with E-state index in [-0.39, 0.29) is 54.7 Å². The number of nitrogens with one attached hydrogen (secondary N) is 1. The monoisotopic (exact) mass is 764 g/mol. The van der Waals surface area contributed by atoms with Crippen molar-refractivity contribution >= 4 is 32.6 Å². The average Bonchev–Trinajstić information content (AvgIpc) is 3.35. The summed E-state index contributed by atoms with van der Waals surface area (Å²) >= 11 is 0. The van der Waals surface area contributed by atoms with Gasteiger partial charge in [-0.15, -0.1) is 0 Å². The second-order valence-electron chi connectivity index (χ2n) is 15.9. The van der Waals surface area contributed by atoms with Crippen LogP contribution in [-0.2, 0) is 20.8 Å². The van der Waals surface area contributed by atoms with E-state index in [4.69, 9.17) is 4.74 Å². The second-order valence-corrected chi connectivity index (χ2v) is 18.2. The zero-order valence-electron chi connectivity index (χ0n) is 28.9. The Morgan fingerprint density at radius 1 is 0.943 bits per heavy atom. The van der Waals surface area contributed by atoms with Crippen LogP contribution in [0.3, 0.4) is 0 Å². The molecular weight excluding hydrogens is 723 g/mol. The Bertz CT molecular complexity index is 2040. The summed E-state index contributed by atoms with van der Waals surface area (Å²) < 4.78 is 104. The van der Waals surface area contributed by atoms with Crippen LogP contribution in [0.1, 0.15) is 99.1 Å². The fourth-order valence-corrected chi connectivity index (χ4v) is 11.5. The standard InChI is InChI=1S/C37H41F5N4O6S/c38-35(39)9-5-24(6-10-35)46-19-29(27-4-3-26(17-30(27)46)52-25-7-11-53(50,51)12-8-25)32-43-18-28(31(44-32)37(40,41)42)33(47)45-36(34(48)49)22-2-1-20-13-21(15-22)16-23(36)14-20/h3-4,17-25H,1-2,5-16H2,(H,45,47)(H,48,49). The van der Waals surface area contributed by atoms with Crippen LogP contribution in [-0.4, -0.2) is 69.0 Å². The van der Waals surface area contributed by atoms with Gasteiger partial charge < -0.3 is 19.7 Å². The summed E-state index contributed by atoms with van der Waals surface area (Å²) in [5.74, 6) is -5.36. The number of alkyl halides is 5. The topological polar surface area (TPSA) is 140 Å². The van der Waals surface area contributed by atoms with E-state index < -0.39 is 68.5 Å². The molecule has 53 heavy (non-hydrogen) atoms. The molecule has 4 bridgehead atoms. The van der Waals surface area contributed by atoms with Crippen LogP contribution in [0.4, 0.5) is 22.0 Å². The van der Waals surface area contributed by atoms with E-state index in [1.165, 1.54) is 0 Å². The second kappa shape index (κ2) is 12.9. The molecule has 6 aliphatic rings. The number of carboxylic acid groups (broad SMARTS) is 1. The summed E-state index contributed by atoms with van der Waals surface area (Å²) in [5.41, 5.74) is -3.40. The van der Waals surface area contributed by atoms with Crippen molar-refractivity contribution in [2.75, 3.05) is 11.5 Å². The predicted molar refractivity (Wildman–Crippen MR) is 182 cm³/mol. The molecule has 10 nitrogen and oxygen atoms in total. The average molecular weight is 765 g/mol. The van der Waals surface area contributed by atoms with Crippen molar-refractivity contribution in [3.63, 3.8) is 0 Å². The molecular formula is C37H41F5N4O6S. The maximum atomic E-state index is 14.8. The number of aliphatic carboxylic acids is 1. The minimum atomic E-state index is -5.11. The lowest BCUT2D eigenvalue weighted by Crippen LogP contribution is -2.66. The van der Waals surface area contributed by atoms with Crippen molar-refractivity contribution in [1.82, 2.24) is 19.9 Å². The molecule has 0 radical (unpaired) electrons. The Hall–Kier alpha value is -3.82. The first-order valence-corrected chi connectivity index (χ1v) is 20.2. The molecule has 286 valence electrons. The third-order valence-corrected chi connectivity index (χ3v) is 14.4. The number of rotatable bonds is 7. The van der Waals surface area contributed by atoms with Crippen molar-refractivity contribution in [1.29, 1.82) is 0 Å². The Kier molecular flexibility index (Phi) is 8.80. The van der Waals surface area contributed by atoms with Crippen LogP contribution in [0, 0.1) is 23.7 Å². The van der Waals surface area contributed by atoms with Crippen LogP contribution in [0.2, 0.25) is 0 Å². The molecule has 6 fully saturated rings. The number of carboxylic acids is 1. The fraction of sp³-hybridized carbons (Fsp3) is 0.622. The molecule has 9 rings (SSSR count). The van der Waals surface area contributed by atoms with Gasteiger partial charge in [0, 0.05) is 48.3 Å². The molecule has 3 aromatic rings. The SMILES string of the molecule is O=C(NC1(C(=O)O)C2CCC3CC(C2)CC1C3)c1cnc(-c2cn(C3CCC(F)(F)CC3)c3cc(OC4CCS(=O)(=O)CC4)ccc23)nc1C(F)(F)F. The number of aromatic nitrogens is 3. The highest BCUT2D eigenvalue weighted by Gasteiger charge is 2.60. The highest BCUT2D eigenvalue weighted by Crippen LogP contribution is 2.56. The molecule has 5 aliphatic carbocycles. The Labute approximate surface area is 302 Å². The van der Waals surface area contributed by atoms with Gasteiger partial charge in [-0.05, 0) is 93.6 Å². The normalized spacial score (nSPS) is 29.9. The highest BCUT2D eigenvalue weighted by atomic mass is 32.2. The largest absolute Gasteiger partial charge is 0.490 e. The van der Waals surface area contributed by atoms with E-state index in [9.17, 15) is 45.1 Å². The van der Waals surface area contributed by atoms with Gasteiger partial charge in [0.2, 0.25) is 5.92 Å². The van der Waals surface area contributed by atoms with Crippen molar-refractivity contribution in [3.8, 4) is 17.1 Å². The molecule has 2 N–H and O–H groups in total. The molecule has 2 aromatic heterocycles. The van der Waals surface area contributed by atoms with Gasteiger partial charge in [-0.1, -0.05) is 6.42 Å². The van der Waals surface area contributed by atoms with Gasteiger partial charge in [0.25, 0.3) is 5.91 Å². The number of amides is 1. The van der Waals surface area contributed by atoms with Crippen LogP contribution >= 0.6 is 0 Å². The lowest BCUT2D eigenvalue weighted by atomic mass is 9.58. The third-order valence-electron chi connectivity index (χ3n) is 12.6. The smallest absolute Gasteiger partial charge is 0.434 e. The minimum absolute atomic E-state index is 0.0109. The number of sulfone groups is 1. The van der Waals surface area contributed by atoms with E-state index in [0.717, 1.165) is 19.0 Å². The lowest BCUT2D eigenvalue weighted by molar-refractivity contribution is -0.154. The zero-order valence-corrected chi connectivity index (χ0v) is 29.7. The number of halogens is 5. The maximum absolute atomic E-state index is 14.8. The number of carbonyl (C=O) groups is 2. The summed E-state index contributed by atoms with van der Waals surface area (Å²) in [4.78, 5) is 34.9. The number of nitrogens with zero attached hydrogens (tertiary/aromatic N) is 3. The van der Waals surface area contributed by atoms with Crippen molar-refractivity contribution in [2.24, 2.45) is 23.7 Å². The van der Waals surface area contributed by atoms with E-state index in [0.29, 0.717) is 67.0 Å². The lowest BCUT2D eigenvalue weighted by Gasteiger charge is -2.50. The van der Waals surface area contributed by atoms with Gasteiger partial charge in [-0.3, -0.25) is 4.79 Å². The maximum Gasteiger partial charge on any atom is 0.434 e. The molecule has 1 aliphatic heterocycles. The summed E-state index contributed by atoms with van der Waals surface area (Å²) in [6, 6.07) is 4.49. The van der Waals surface area contributed by atoms with E-state index in [2.05, 4.69) is 15.3 Å². The summed E-state index contributed by atoms with van der Waals surface area (Å²) in [5, 5.41) is 13.6. The Morgan fingerprint density at radius 2 is 1.64 bits per heavy atom. The molecule has 5 saturated carbocycles. The Morgan fingerprint density at radius 3 is 2.34 bits per heavy atom. The highest BCUT2D eigenvalue weighted by molar-refractivity contribution is 7.91. The predicted octanol–water partition coefficient (Wildman–Crippen LogP) is 7.22. The van der Waals surface area contributed by atoms with Crippen LogP contribution in [0.15, 0.2) is 30.6 Å². The summed E-state index contributed by atoms with van der Waals surface area (Å²) in [6.07, 6.45) is 1.16. The van der Waals surface area contributed by atoms with E-state index in [1.54, 1.807) is 29.0 Å². The molecule has 1 saturated heterocycles. The van der Waals surface area contributed by atoms with Crippen molar-refractivity contribution in [2.45, 2.75) is 107 Å². The number of benzene rings is 1. The number of hydrogen-bond donors (Lipinski definition) is 2. The molecule has 5 unspecified atom stereocenters. The first-order chi connectivity index (χ1) is 25.0. The summed E-state index contributed by atoms with van der Waals surface area (Å²) in [7, 11) is -3.13. The molecule has 0 spiro atoms. The van der Waals surface area contributed by atoms with Gasteiger partial charge in [0.15, 0.2) is 21.4 Å². The molecule has 1 aromatic carbocycles. The molecule has 3 heterocycles. The molecule has 16 heteroatoms. The van der Waals surface area contributed by atoms with Gasteiger partial charge >= 0.3 is 12.1 Å². The fourth-order valence-electron chi connectivity index (χ4n) is 10.1. The number of ether oxygens (including phenoxy) is 1. The van der Waals surface area contributed by atoms with Gasteiger partial charge in [0.1, 0.15) is 17.4 Å². The number of carbonyl (C=O) groups excluding carboxylic acids is 1. The quantitative estimate of drug-likeness (QED) is 0.241. The number of fused-ring (bicyclic) bond motifs is 2. The van der Waals surface area contributed by atoms with Gasteiger partial charge in [-0.25, -0.2) is 32.0 Å². The Balaban J connectivity index is 1.15. The van der Waals surface area contributed by atoms with Crippen molar-refractivity contribution in [3.05, 3.63) is 41.9 Å². The van der Waals surface area contributed by atoms with Gasteiger partial charge in [0.05, 0.1) is 22.6 Å².